The summed E-state index contributed by atoms with van der Waals surface area (Å²) in [7, 11) is 1.67. The van der Waals surface area contributed by atoms with Crippen molar-refractivity contribution >= 4 is 59.0 Å². The second-order valence-electron chi connectivity index (χ2n) is 7.02. The number of rotatable bonds is 8. The maximum Gasteiger partial charge on any atom is 0.220 e. The molecule has 1 aromatic rings. The number of amides is 1. The lowest BCUT2D eigenvalue weighted by molar-refractivity contribution is -0.121. The molecule has 0 spiro atoms. The summed E-state index contributed by atoms with van der Waals surface area (Å²) in [5.41, 5.74) is 0. The molecule has 0 aliphatic carbocycles. The maximum atomic E-state index is 11.6. The number of ether oxygens (including phenoxy) is 1. The monoisotopic (exact) mass is 572 g/mol. The van der Waals surface area contributed by atoms with Crippen molar-refractivity contribution in [1.82, 2.24) is 15.5 Å². The van der Waals surface area contributed by atoms with Gasteiger partial charge in [0.15, 0.2) is 5.96 Å². The summed E-state index contributed by atoms with van der Waals surface area (Å²) in [4.78, 5) is 18.3. The van der Waals surface area contributed by atoms with Crippen LogP contribution in [-0.2, 0) is 4.79 Å². The first-order chi connectivity index (χ1) is 13.9. The average Bonchev–Trinajstić information content (AvgIpc) is 2.72. The van der Waals surface area contributed by atoms with Crippen LogP contribution in [-0.4, -0.2) is 67.8 Å². The van der Waals surface area contributed by atoms with Crippen LogP contribution in [0.5, 0.6) is 5.75 Å². The number of aliphatic hydroxyl groups is 1. The zero-order valence-electron chi connectivity index (χ0n) is 17.4. The fourth-order valence-electron chi connectivity index (χ4n) is 3.16. The molecule has 0 aromatic heterocycles. The van der Waals surface area contributed by atoms with Gasteiger partial charge in [-0.1, -0.05) is 29.3 Å². The van der Waals surface area contributed by atoms with E-state index in [1.807, 2.05) is 6.92 Å². The third-order valence-corrected chi connectivity index (χ3v) is 5.60. The van der Waals surface area contributed by atoms with Crippen LogP contribution in [0.15, 0.2) is 23.2 Å². The van der Waals surface area contributed by atoms with E-state index in [0.29, 0.717) is 28.1 Å². The summed E-state index contributed by atoms with van der Waals surface area (Å²) in [5, 5.41) is 17.0. The van der Waals surface area contributed by atoms with E-state index in [9.17, 15) is 9.90 Å². The summed E-state index contributed by atoms with van der Waals surface area (Å²) < 4.78 is 5.57. The maximum absolute atomic E-state index is 11.6. The molecule has 1 saturated heterocycles. The third kappa shape index (κ3) is 8.64. The molecule has 170 valence electrons. The lowest BCUT2D eigenvalue weighted by Crippen LogP contribution is -2.46. The van der Waals surface area contributed by atoms with Gasteiger partial charge in [-0.05, 0) is 37.8 Å². The van der Waals surface area contributed by atoms with Crippen LogP contribution in [0.25, 0.3) is 0 Å². The molecule has 1 amide bonds. The van der Waals surface area contributed by atoms with Crippen molar-refractivity contribution in [2.24, 2.45) is 10.9 Å². The number of guanidine groups is 1. The highest BCUT2D eigenvalue weighted by Crippen LogP contribution is 2.31. The van der Waals surface area contributed by atoms with Gasteiger partial charge in [-0.3, -0.25) is 9.79 Å². The zero-order valence-corrected chi connectivity index (χ0v) is 21.2. The molecule has 1 aliphatic heterocycles. The van der Waals surface area contributed by atoms with Crippen LogP contribution >= 0.6 is 47.2 Å². The van der Waals surface area contributed by atoms with E-state index in [1.54, 1.807) is 25.2 Å². The van der Waals surface area contributed by atoms with Crippen LogP contribution in [0, 0.1) is 5.92 Å². The number of nitrogens with one attached hydrogen (secondary N) is 2. The van der Waals surface area contributed by atoms with Gasteiger partial charge in [0.2, 0.25) is 5.91 Å². The summed E-state index contributed by atoms with van der Waals surface area (Å²) >= 11 is 12.1. The number of aliphatic hydroxyl groups excluding tert-OH is 1. The van der Waals surface area contributed by atoms with Crippen LogP contribution in [0.2, 0.25) is 10.0 Å². The number of benzene rings is 1. The Labute approximate surface area is 205 Å². The Morgan fingerprint density at radius 1 is 1.37 bits per heavy atom. The van der Waals surface area contributed by atoms with E-state index in [1.165, 1.54) is 0 Å². The normalized spacial score (nSPS) is 15.9. The average molecular weight is 573 g/mol. The lowest BCUT2D eigenvalue weighted by Gasteiger charge is -2.34. The molecule has 1 fully saturated rings. The Kier molecular flexibility index (Phi) is 12.8. The molecule has 1 unspecified atom stereocenters. The molecule has 3 N–H and O–H groups in total. The van der Waals surface area contributed by atoms with Gasteiger partial charge < -0.3 is 25.4 Å². The first-order valence-electron chi connectivity index (χ1n) is 9.93. The molecule has 1 heterocycles. The van der Waals surface area contributed by atoms with Gasteiger partial charge in [-0.2, -0.15) is 0 Å². The minimum Gasteiger partial charge on any atom is -0.489 e. The Hall–Kier alpha value is -0.970. The SMILES string of the molecule is CCNC(=NCC(O)COc1cccc(Cl)c1Cl)N1CCC(CC(=O)NC)CC1.I. The number of halogens is 3. The molecule has 30 heavy (non-hydrogen) atoms. The number of hydrogen-bond acceptors (Lipinski definition) is 4. The predicted octanol–water partition coefficient (Wildman–Crippen LogP) is 3.16. The first-order valence-corrected chi connectivity index (χ1v) is 10.7. The van der Waals surface area contributed by atoms with Crippen LogP contribution < -0.4 is 15.4 Å². The number of carbonyl (C=O) groups excluding carboxylic acids is 1. The van der Waals surface area contributed by atoms with Crippen molar-refractivity contribution in [2.45, 2.75) is 32.3 Å². The minimum absolute atomic E-state index is 0. The Balaban J connectivity index is 0.00000450. The summed E-state index contributed by atoms with van der Waals surface area (Å²) in [6.07, 6.45) is 1.68. The van der Waals surface area contributed by atoms with Crippen LogP contribution in [0.4, 0.5) is 0 Å². The topological polar surface area (TPSA) is 86.2 Å². The second kappa shape index (κ2) is 14.2. The standard InChI is InChI=1S/C20H30Cl2N4O3.HI/c1-3-24-20(26-9-7-14(8-10-26)11-18(28)23-2)25-12-15(27)13-29-17-6-4-5-16(21)19(17)22;/h4-6,14-15,27H,3,7-13H2,1-2H3,(H,23,28)(H,24,25);1H. The van der Waals surface area contributed by atoms with Crippen LogP contribution in [0.1, 0.15) is 26.2 Å². The number of hydrogen-bond donors (Lipinski definition) is 3. The molecule has 0 bridgehead atoms. The quantitative estimate of drug-likeness (QED) is 0.253. The first kappa shape index (κ1) is 27.1. The largest absolute Gasteiger partial charge is 0.489 e. The van der Waals surface area contributed by atoms with E-state index in [0.717, 1.165) is 38.4 Å². The minimum atomic E-state index is -0.774. The van der Waals surface area contributed by atoms with Crippen molar-refractivity contribution in [3.05, 3.63) is 28.2 Å². The highest BCUT2D eigenvalue weighted by molar-refractivity contribution is 14.0. The molecule has 0 radical (unpaired) electrons. The van der Waals surface area contributed by atoms with Crippen molar-refractivity contribution in [3.63, 3.8) is 0 Å². The zero-order chi connectivity index (χ0) is 21.2. The molecule has 10 heteroatoms. The molecular formula is C20H31Cl2IN4O3. The fourth-order valence-corrected chi connectivity index (χ4v) is 3.51. The lowest BCUT2D eigenvalue weighted by atomic mass is 9.93. The van der Waals surface area contributed by atoms with Crippen molar-refractivity contribution in [1.29, 1.82) is 0 Å². The van der Waals surface area contributed by atoms with E-state index in [4.69, 9.17) is 27.9 Å². The van der Waals surface area contributed by atoms with Gasteiger partial charge >= 0.3 is 0 Å². The Morgan fingerprint density at radius 3 is 2.70 bits per heavy atom. The summed E-state index contributed by atoms with van der Waals surface area (Å²) in [6, 6.07) is 5.13. The van der Waals surface area contributed by atoms with E-state index in [2.05, 4.69) is 20.5 Å². The molecule has 1 atom stereocenters. The van der Waals surface area contributed by atoms with Gasteiger partial charge in [-0.25, -0.2) is 0 Å². The number of piperidine rings is 1. The number of nitrogens with zero attached hydrogens (tertiary/aromatic N) is 2. The Bertz CT molecular complexity index is 701. The van der Waals surface area contributed by atoms with E-state index in [-0.39, 0.29) is 43.0 Å². The number of carbonyl (C=O) groups is 1. The van der Waals surface area contributed by atoms with Gasteiger partial charge in [0.05, 0.1) is 11.6 Å². The molecule has 7 nitrogen and oxygen atoms in total. The van der Waals surface area contributed by atoms with Gasteiger partial charge in [0, 0.05) is 33.1 Å². The van der Waals surface area contributed by atoms with Gasteiger partial charge in [-0.15, -0.1) is 24.0 Å². The highest BCUT2D eigenvalue weighted by Gasteiger charge is 2.23. The summed E-state index contributed by atoms with van der Waals surface area (Å²) in [5.74, 6) is 1.69. The van der Waals surface area contributed by atoms with Gasteiger partial charge in [0.1, 0.15) is 23.5 Å². The number of likely N-dealkylation sites (tertiary alicyclic amines) is 1. The predicted molar refractivity (Wildman–Crippen MR) is 132 cm³/mol. The van der Waals surface area contributed by atoms with Crippen molar-refractivity contribution < 1.29 is 14.6 Å². The van der Waals surface area contributed by atoms with E-state index >= 15 is 0 Å². The van der Waals surface area contributed by atoms with E-state index < -0.39 is 6.10 Å². The van der Waals surface area contributed by atoms with Crippen molar-refractivity contribution in [3.8, 4) is 5.75 Å². The molecule has 0 saturated carbocycles. The molecule has 2 rings (SSSR count). The van der Waals surface area contributed by atoms with Crippen molar-refractivity contribution in [2.75, 3.05) is 39.8 Å². The third-order valence-electron chi connectivity index (χ3n) is 4.80. The second-order valence-corrected chi connectivity index (χ2v) is 7.80. The Morgan fingerprint density at radius 2 is 2.07 bits per heavy atom. The molecule has 1 aromatic carbocycles. The molecular weight excluding hydrogens is 542 g/mol. The number of aliphatic imine (C=N–C) groups is 1. The van der Waals surface area contributed by atoms with Crippen LogP contribution in [0.3, 0.4) is 0 Å². The summed E-state index contributed by atoms with van der Waals surface area (Å²) in [6.45, 7) is 4.68. The molecule has 1 aliphatic rings. The van der Waals surface area contributed by atoms with Gasteiger partial charge in [0.25, 0.3) is 0 Å². The fraction of sp³-hybridized carbons (Fsp3) is 0.600. The smallest absolute Gasteiger partial charge is 0.220 e. The highest BCUT2D eigenvalue weighted by atomic mass is 127.